The summed E-state index contributed by atoms with van der Waals surface area (Å²) in [6, 6.07) is 2.84. The van der Waals surface area contributed by atoms with Crippen LogP contribution in [-0.2, 0) is 5.41 Å². The van der Waals surface area contributed by atoms with Gasteiger partial charge in [-0.25, -0.2) is 9.40 Å². The SMILES string of the molecule is C[C@@H](O)COc1cc(F)c(C(C)(C)C)cc1N1N=NN(C)C1O. The van der Waals surface area contributed by atoms with E-state index in [-0.39, 0.29) is 12.4 Å². The maximum absolute atomic E-state index is 14.4. The summed E-state index contributed by atoms with van der Waals surface area (Å²) in [6.07, 6.45) is -1.82. The fourth-order valence-electron chi connectivity index (χ4n) is 2.15. The summed E-state index contributed by atoms with van der Waals surface area (Å²) in [6.45, 7) is 7.23. The van der Waals surface area contributed by atoms with Crippen molar-refractivity contribution >= 4 is 5.69 Å². The first-order valence-corrected chi connectivity index (χ1v) is 7.38. The van der Waals surface area contributed by atoms with Crippen molar-refractivity contribution in [2.75, 3.05) is 18.7 Å². The van der Waals surface area contributed by atoms with Gasteiger partial charge in [0, 0.05) is 13.1 Å². The molecule has 0 aliphatic carbocycles. The first-order valence-electron chi connectivity index (χ1n) is 7.38. The molecule has 0 amide bonds. The van der Waals surface area contributed by atoms with Crippen molar-refractivity contribution in [2.24, 2.45) is 10.4 Å². The van der Waals surface area contributed by atoms with Gasteiger partial charge in [0.1, 0.15) is 23.9 Å². The van der Waals surface area contributed by atoms with Crippen molar-refractivity contribution in [1.29, 1.82) is 0 Å². The molecule has 8 heteroatoms. The minimum atomic E-state index is -1.11. The van der Waals surface area contributed by atoms with Crippen LogP contribution < -0.4 is 9.75 Å². The molecule has 1 aliphatic heterocycles. The highest BCUT2D eigenvalue weighted by atomic mass is 19.1. The molecule has 0 aromatic heterocycles. The molecular weight excluding hydrogens is 303 g/mol. The molecular formula is C15H23FN4O3. The Morgan fingerprint density at radius 2 is 2.00 bits per heavy atom. The van der Waals surface area contributed by atoms with E-state index in [1.807, 2.05) is 20.8 Å². The van der Waals surface area contributed by atoms with Crippen molar-refractivity contribution in [3.8, 4) is 5.75 Å². The number of halogens is 1. The van der Waals surface area contributed by atoms with Gasteiger partial charge >= 0.3 is 0 Å². The number of ether oxygens (including phenoxy) is 1. The van der Waals surface area contributed by atoms with E-state index in [1.165, 1.54) is 16.1 Å². The molecule has 2 rings (SSSR count). The lowest BCUT2D eigenvalue weighted by Gasteiger charge is -2.26. The van der Waals surface area contributed by atoms with Crippen LogP contribution in [0, 0.1) is 5.82 Å². The van der Waals surface area contributed by atoms with E-state index in [2.05, 4.69) is 10.4 Å². The van der Waals surface area contributed by atoms with Crippen molar-refractivity contribution in [3.05, 3.63) is 23.5 Å². The summed E-state index contributed by atoms with van der Waals surface area (Å²) in [4.78, 5) is 0. The van der Waals surface area contributed by atoms with Crippen molar-refractivity contribution in [3.63, 3.8) is 0 Å². The summed E-state index contributed by atoms with van der Waals surface area (Å²) in [7, 11) is 1.57. The van der Waals surface area contributed by atoms with Crippen LogP contribution in [0.1, 0.15) is 33.3 Å². The Kier molecular flexibility index (Phi) is 4.76. The van der Waals surface area contributed by atoms with Gasteiger partial charge in [-0.1, -0.05) is 20.8 Å². The molecule has 7 nitrogen and oxygen atoms in total. The molecule has 0 spiro atoms. The predicted molar refractivity (Wildman–Crippen MR) is 83.4 cm³/mol. The Hall–Kier alpha value is -1.93. The smallest absolute Gasteiger partial charge is 0.245 e. The first-order chi connectivity index (χ1) is 10.6. The number of hydrogen-bond donors (Lipinski definition) is 2. The molecule has 2 N–H and O–H groups in total. The third-order valence-corrected chi connectivity index (χ3v) is 3.41. The highest BCUT2D eigenvalue weighted by molar-refractivity contribution is 5.61. The maximum atomic E-state index is 14.4. The normalized spacial score (nSPS) is 19.4. The number of nitrogens with zero attached hydrogens (tertiary/aromatic N) is 4. The molecule has 0 bridgehead atoms. The zero-order valence-electron chi connectivity index (χ0n) is 14.0. The average molecular weight is 326 g/mol. The molecule has 128 valence electrons. The van der Waals surface area contributed by atoms with Crippen LogP contribution in [0.5, 0.6) is 5.75 Å². The minimum absolute atomic E-state index is 0.00176. The summed E-state index contributed by atoms with van der Waals surface area (Å²) < 4.78 is 19.9. The fourth-order valence-corrected chi connectivity index (χ4v) is 2.15. The van der Waals surface area contributed by atoms with Gasteiger partial charge in [0.05, 0.1) is 6.10 Å². The van der Waals surface area contributed by atoms with Gasteiger partial charge in [-0.05, 0) is 34.4 Å². The van der Waals surface area contributed by atoms with E-state index in [0.29, 0.717) is 11.3 Å². The van der Waals surface area contributed by atoms with E-state index in [9.17, 15) is 14.6 Å². The predicted octanol–water partition coefficient (Wildman–Crippen LogP) is 2.19. The number of rotatable bonds is 4. The lowest BCUT2D eigenvalue weighted by molar-refractivity contribution is 0.0452. The van der Waals surface area contributed by atoms with Gasteiger partial charge in [-0.2, -0.15) is 5.01 Å². The zero-order chi connectivity index (χ0) is 17.4. The van der Waals surface area contributed by atoms with Crippen LogP contribution in [0.3, 0.4) is 0 Å². The van der Waals surface area contributed by atoms with Gasteiger partial charge in [-0.3, -0.25) is 0 Å². The Morgan fingerprint density at radius 3 is 2.48 bits per heavy atom. The second kappa shape index (κ2) is 6.29. The quantitative estimate of drug-likeness (QED) is 0.886. The Bertz CT molecular complexity index is 601. The monoisotopic (exact) mass is 326 g/mol. The molecule has 0 saturated heterocycles. The number of benzene rings is 1. The Morgan fingerprint density at radius 1 is 1.35 bits per heavy atom. The molecule has 0 fully saturated rings. The minimum Gasteiger partial charge on any atom is -0.489 e. The maximum Gasteiger partial charge on any atom is 0.245 e. The highest BCUT2D eigenvalue weighted by Crippen LogP contribution is 2.38. The molecule has 0 saturated carbocycles. The molecule has 23 heavy (non-hydrogen) atoms. The average Bonchev–Trinajstić information content (AvgIpc) is 2.75. The highest BCUT2D eigenvalue weighted by Gasteiger charge is 2.31. The largest absolute Gasteiger partial charge is 0.489 e. The zero-order valence-corrected chi connectivity index (χ0v) is 14.0. The third-order valence-electron chi connectivity index (χ3n) is 3.41. The van der Waals surface area contributed by atoms with Crippen LogP contribution in [0.4, 0.5) is 10.1 Å². The number of anilines is 1. The lowest BCUT2D eigenvalue weighted by atomic mass is 9.86. The lowest BCUT2D eigenvalue weighted by Crippen LogP contribution is -2.36. The standard InChI is InChI=1S/C15H23FN4O3/c1-9(21)8-23-13-7-11(16)10(15(2,3)4)6-12(13)20-14(22)19(5)17-18-20/h6-7,9,14,21-22H,8H2,1-5H3/t9-,14?/m1/s1. The molecule has 1 aliphatic rings. The molecule has 1 aromatic rings. The second-order valence-corrected chi connectivity index (χ2v) is 6.65. The van der Waals surface area contributed by atoms with Crippen LogP contribution in [0.2, 0.25) is 0 Å². The number of hydrogen-bond acceptors (Lipinski definition) is 7. The molecule has 1 unspecified atom stereocenters. The molecule has 2 atom stereocenters. The molecule has 0 radical (unpaired) electrons. The van der Waals surface area contributed by atoms with Crippen molar-refractivity contribution in [2.45, 2.75) is 45.6 Å². The number of aliphatic hydroxyl groups is 2. The first kappa shape index (κ1) is 17.4. The van der Waals surface area contributed by atoms with E-state index in [4.69, 9.17) is 4.74 Å². The molecule has 1 aromatic carbocycles. The van der Waals surface area contributed by atoms with Crippen LogP contribution in [-0.4, -0.2) is 41.3 Å². The summed E-state index contributed by atoms with van der Waals surface area (Å²) in [5, 5.41) is 29.7. The van der Waals surface area contributed by atoms with Crippen molar-refractivity contribution < 1.29 is 19.3 Å². The van der Waals surface area contributed by atoms with Gasteiger partial charge in [0.2, 0.25) is 6.35 Å². The van der Waals surface area contributed by atoms with Gasteiger partial charge in [-0.15, -0.1) is 0 Å². The van der Waals surface area contributed by atoms with Gasteiger partial charge < -0.3 is 14.9 Å². The van der Waals surface area contributed by atoms with E-state index < -0.39 is 23.7 Å². The van der Waals surface area contributed by atoms with Gasteiger partial charge in [0.25, 0.3) is 0 Å². The molecule has 1 heterocycles. The summed E-state index contributed by atoms with van der Waals surface area (Å²) in [5.74, 6) is -0.231. The summed E-state index contributed by atoms with van der Waals surface area (Å²) in [5.41, 5.74) is 0.418. The Labute approximate surface area is 134 Å². The fraction of sp³-hybridized carbons (Fsp3) is 0.600. The van der Waals surface area contributed by atoms with Crippen molar-refractivity contribution in [1.82, 2.24) is 5.01 Å². The topological polar surface area (TPSA) is 80.9 Å². The van der Waals surface area contributed by atoms with Gasteiger partial charge in [0.15, 0.2) is 0 Å². The van der Waals surface area contributed by atoms with E-state index in [1.54, 1.807) is 20.0 Å². The second-order valence-electron chi connectivity index (χ2n) is 6.65. The van der Waals surface area contributed by atoms with Crippen LogP contribution in [0.25, 0.3) is 0 Å². The number of aliphatic hydroxyl groups excluding tert-OH is 2. The third kappa shape index (κ3) is 3.70. The van der Waals surface area contributed by atoms with E-state index >= 15 is 0 Å². The van der Waals surface area contributed by atoms with Crippen LogP contribution >= 0.6 is 0 Å². The van der Waals surface area contributed by atoms with E-state index in [0.717, 1.165) is 0 Å². The van der Waals surface area contributed by atoms with Crippen LogP contribution in [0.15, 0.2) is 22.6 Å². The summed E-state index contributed by atoms with van der Waals surface area (Å²) >= 11 is 0. The Balaban J connectivity index is 2.49.